The molecule has 0 spiro atoms. The lowest BCUT2D eigenvalue weighted by atomic mass is 10.0. The molecule has 0 aliphatic carbocycles. The first-order valence-electron chi connectivity index (χ1n) is 12.7. The minimum atomic E-state index is -0.299. The molecule has 0 unspecified atom stereocenters. The van der Waals surface area contributed by atoms with Gasteiger partial charge in [-0.25, -0.2) is 14.6 Å². The highest BCUT2D eigenvalue weighted by atomic mass is 16.5. The van der Waals surface area contributed by atoms with Crippen LogP contribution in [0.5, 0.6) is 5.75 Å². The van der Waals surface area contributed by atoms with Gasteiger partial charge in [0.15, 0.2) is 11.5 Å². The molecule has 194 valence electrons. The van der Waals surface area contributed by atoms with Gasteiger partial charge < -0.3 is 10.1 Å². The number of nitrogens with one attached hydrogen (secondary N) is 1. The second-order valence-corrected chi connectivity index (χ2v) is 9.39. The largest absolute Gasteiger partial charge is 0.493 e. The summed E-state index contributed by atoms with van der Waals surface area (Å²) in [5.74, 6) is 1.22. The summed E-state index contributed by atoms with van der Waals surface area (Å²) in [5.41, 5.74) is 5.11. The molecule has 3 heterocycles. The zero-order valence-corrected chi connectivity index (χ0v) is 22.1. The lowest BCUT2D eigenvalue weighted by molar-refractivity contribution is 0.102. The molecule has 6 aromatic rings. The third-order valence-electron chi connectivity index (χ3n) is 6.77. The molecule has 0 atom stereocenters. The van der Waals surface area contributed by atoms with Gasteiger partial charge in [0.1, 0.15) is 17.9 Å². The van der Waals surface area contributed by atoms with Crippen molar-refractivity contribution in [3.63, 3.8) is 0 Å². The van der Waals surface area contributed by atoms with Crippen molar-refractivity contribution in [2.45, 2.75) is 27.7 Å². The van der Waals surface area contributed by atoms with Gasteiger partial charge in [-0.3, -0.25) is 4.79 Å². The van der Waals surface area contributed by atoms with Crippen molar-refractivity contribution in [3.8, 4) is 17.3 Å². The van der Waals surface area contributed by atoms with Crippen LogP contribution in [0, 0.1) is 20.8 Å². The van der Waals surface area contributed by atoms with E-state index in [1.807, 2.05) is 62.4 Å². The first-order chi connectivity index (χ1) is 18.9. The Bertz CT molecular complexity index is 1870. The van der Waals surface area contributed by atoms with Crippen LogP contribution in [0.3, 0.4) is 0 Å². The minimum Gasteiger partial charge on any atom is -0.493 e. The highest BCUT2D eigenvalue weighted by Gasteiger charge is 2.21. The fourth-order valence-electron chi connectivity index (χ4n) is 4.74. The second-order valence-electron chi connectivity index (χ2n) is 9.39. The molecule has 0 aliphatic heterocycles. The van der Waals surface area contributed by atoms with E-state index >= 15 is 0 Å². The smallest absolute Gasteiger partial charge is 0.261 e. The Balaban J connectivity index is 1.43. The van der Waals surface area contributed by atoms with Crippen molar-refractivity contribution >= 4 is 33.5 Å². The lowest BCUT2D eigenvalue weighted by Crippen LogP contribution is -2.17. The Morgan fingerprint density at radius 1 is 0.923 bits per heavy atom. The van der Waals surface area contributed by atoms with E-state index in [4.69, 9.17) is 4.74 Å². The van der Waals surface area contributed by atoms with Gasteiger partial charge in [-0.1, -0.05) is 36.4 Å². The van der Waals surface area contributed by atoms with Gasteiger partial charge in [-0.05, 0) is 67.8 Å². The van der Waals surface area contributed by atoms with Crippen LogP contribution in [0.15, 0.2) is 73.2 Å². The molecule has 0 aliphatic rings. The number of rotatable bonds is 6. The van der Waals surface area contributed by atoms with Crippen molar-refractivity contribution in [1.82, 2.24) is 29.5 Å². The summed E-state index contributed by atoms with van der Waals surface area (Å²) in [7, 11) is 0. The van der Waals surface area contributed by atoms with E-state index < -0.39 is 0 Å². The van der Waals surface area contributed by atoms with Crippen LogP contribution in [0.2, 0.25) is 0 Å². The first kappa shape index (κ1) is 24.3. The highest BCUT2D eigenvalue weighted by molar-refractivity contribution is 6.15. The fourth-order valence-corrected chi connectivity index (χ4v) is 4.74. The van der Waals surface area contributed by atoms with Gasteiger partial charge in [0.05, 0.1) is 35.1 Å². The van der Waals surface area contributed by atoms with E-state index in [0.717, 1.165) is 27.7 Å². The number of amides is 1. The third kappa shape index (κ3) is 4.27. The monoisotopic (exact) mass is 517 g/mol. The van der Waals surface area contributed by atoms with Crippen LogP contribution in [-0.4, -0.2) is 42.0 Å². The third-order valence-corrected chi connectivity index (χ3v) is 6.77. The number of hydrogen-bond acceptors (Lipinski definition) is 6. The number of benzene rings is 3. The number of carbonyl (C=O) groups is 1. The number of anilines is 1. The molecule has 1 amide bonds. The maximum atomic E-state index is 13.7. The van der Waals surface area contributed by atoms with Gasteiger partial charge in [-0.2, -0.15) is 14.9 Å². The molecular formula is C30H27N7O2. The molecule has 0 fully saturated rings. The minimum absolute atomic E-state index is 0.299. The first-order valence-corrected chi connectivity index (χ1v) is 12.7. The van der Waals surface area contributed by atoms with Crippen molar-refractivity contribution in [2.24, 2.45) is 0 Å². The summed E-state index contributed by atoms with van der Waals surface area (Å²) in [5, 5.41) is 14.8. The molecule has 3 aromatic heterocycles. The molecule has 0 radical (unpaired) electrons. The quantitative estimate of drug-likeness (QED) is 0.303. The van der Waals surface area contributed by atoms with E-state index in [9.17, 15) is 4.79 Å². The number of carbonyl (C=O) groups excluding carboxylic acids is 1. The second kappa shape index (κ2) is 9.68. The average molecular weight is 518 g/mol. The van der Waals surface area contributed by atoms with Crippen LogP contribution >= 0.6 is 0 Å². The number of ether oxygens (including phenoxy) is 1. The van der Waals surface area contributed by atoms with Crippen LogP contribution < -0.4 is 10.1 Å². The predicted molar refractivity (Wildman–Crippen MR) is 151 cm³/mol. The van der Waals surface area contributed by atoms with E-state index in [1.165, 1.54) is 11.9 Å². The number of hydrogen-bond donors (Lipinski definition) is 1. The Morgan fingerprint density at radius 2 is 1.77 bits per heavy atom. The summed E-state index contributed by atoms with van der Waals surface area (Å²) in [6.07, 6.45) is 3.21. The van der Waals surface area contributed by atoms with Crippen molar-refractivity contribution in [1.29, 1.82) is 0 Å². The van der Waals surface area contributed by atoms with Gasteiger partial charge in [0.2, 0.25) is 0 Å². The summed E-state index contributed by atoms with van der Waals surface area (Å²) >= 11 is 0. The molecule has 1 N–H and O–H groups in total. The van der Waals surface area contributed by atoms with Crippen molar-refractivity contribution in [3.05, 3.63) is 95.6 Å². The van der Waals surface area contributed by atoms with Gasteiger partial charge >= 0.3 is 0 Å². The van der Waals surface area contributed by atoms with Crippen LogP contribution in [0.4, 0.5) is 5.82 Å². The summed E-state index contributed by atoms with van der Waals surface area (Å²) in [6, 6.07) is 19.5. The van der Waals surface area contributed by atoms with Crippen LogP contribution in [-0.2, 0) is 0 Å². The molecule has 0 saturated heterocycles. The standard InChI is InChI=1S/C30H27N7O2/c1-5-39-25-13-11-21-8-6-7-9-23(21)27(25)30(38)34-26-15-20(4)35-37(26)29-24-16-33-36(28(24)31-17-32-29)22-12-10-18(2)19(3)14-22/h6-17H,5H2,1-4H3,(H,34,38). The van der Waals surface area contributed by atoms with Crippen LogP contribution in [0.1, 0.15) is 34.1 Å². The lowest BCUT2D eigenvalue weighted by Gasteiger charge is -2.14. The summed E-state index contributed by atoms with van der Waals surface area (Å²) in [4.78, 5) is 22.8. The van der Waals surface area contributed by atoms with E-state index in [-0.39, 0.29) is 5.91 Å². The van der Waals surface area contributed by atoms with Crippen LogP contribution in [0.25, 0.3) is 33.3 Å². The van der Waals surface area contributed by atoms with Crippen molar-refractivity contribution in [2.75, 3.05) is 11.9 Å². The molecular weight excluding hydrogens is 490 g/mol. The van der Waals surface area contributed by atoms with E-state index in [1.54, 1.807) is 15.6 Å². The van der Waals surface area contributed by atoms with E-state index in [2.05, 4.69) is 51.5 Å². The van der Waals surface area contributed by atoms with Gasteiger partial charge in [0, 0.05) is 6.07 Å². The molecule has 39 heavy (non-hydrogen) atoms. The number of nitrogens with zero attached hydrogens (tertiary/aromatic N) is 6. The highest BCUT2D eigenvalue weighted by Crippen LogP contribution is 2.30. The topological polar surface area (TPSA) is 99.8 Å². The molecule has 6 rings (SSSR count). The predicted octanol–water partition coefficient (Wildman–Crippen LogP) is 5.73. The Hall–Kier alpha value is -5.05. The molecule has 9 heteroatoms. The number of aromatic nitrogens is 6. The zero-order valence-electron chi connectivity index (χ0n) is 22.1. The molecule has 0 bridgehead atoms. The SMILES string of the molecule is CCOc1ccc2ccccc2c1C(=O)Nc1cc(C)nn1-c1ncnc2c1cnn2-c1ccc(C)c(C)c1. The Morgan fingerprint density at radius 3 is 2.59 bits per heavy atom. The fraction of sp³-hybridized carbons (Fsp3) is 0.167. The van der Waals surface area contributed by atoms with E-state index in [0.29, 0.717) is 40.6 Å². The molecule has 0 saturated carbocycles. The van der Waals surface area contributed by atoms with Crippen molar-refractivity contribution < 1.29 is 9.53 Å². The Labute approximate surface area is 225 Å². The van der Waals surface area contributed by atoms with Gasteiger partial charge in [-0.15, -0.1) is 0 Å². The number of fused-ring (bicyclic) bond motifs is 2. The number of aryl methyl sites for hydroxylation is 3. The maximum Gasteiger partial charge on any atom is 0.261 e. The average Bonchev–Trinajstić information content (AvgIpc) is 3.53. The van der Waals surface area contributed by atoms with Gasteiger partial charge in [0.25, 0.3) is 5.91 Å². The normalized spacial score (nSPS) is 11.3. The molecule has 3 aromatic carbocycles. The maximum absolute atomic E-state index is 13.7. The zero-order chi connectivity index (χ0) is 27.1. The Kier molecular flexibility index (Phi) is 6.03. The summed E-state index contributed by atoms with van der Waals surface area (Å²) < 4.78 is 9.23. The summed E-state index contributed by atoms with van der Waals surface area (Å²) in [6.45, 7) is 8.35. The molecule has 9 nitrogen and oxygen atoms in total.